The second kappa shape index (κ2) is 9.03. The highest BCUT2D eigenvalue weighted by Crippen LogP contribution is 2.38. The van der Waals surface area contributed by atoms with Crippen LogP contribution in [0.3, 0.4) is 0 Å². The number of halogens is 4. The number of aromatic nitrogens is 2. The van der Waals surface area contributed by atoms with Crippen molar-refractivity contribution in [3.8, 4) is 23.4 Å². The van der Waals surface area contributed by atoms with E-state index in [9.17, 15) is 23.2 Å². The summed E-state index contributed by atoms with van der Waals surface area (Å²) in [4.78, 5) is 16.0. The lowest BCUT2D eigenvalue weighted by Crippen LogP contribution is -2.30. The van der Waals surface area contributed by atoms with E-state index < -0.39 is 22.5 Å². The molecule has 11 heteroatoms. The number of nitrogens with one attached hydrogen (secondary N) is 1. The molecular formula is C22H16ClF3N4O3. The average Bonchev–Trinajstić information content (AvgIpc) is 2.79. The van der Waals surface area contributed by atoms with Crippen LogP contribution >= 0.6 is 11.6 Å². The highest BCUT2D eigenvalue weighted by Gasteiger charge is 2.33. The molecule has 1 aliphatic heterocycles. The van der Waals surface area contributed by atoms with Crippen LogP contribution in [0.15, 0.2) is 47.3 Å². The number of anilines is 1. The number of hydrogen-bond donors (Lipinski definition) is 1. The van der Waals surface area contributed by atoms with Gasteiger partial charge in [0.05, 0.1) is 16.1 Å². The van der Waals surface area contributed by atoms with Gasteiger partial charge in [-0.05, 0) is 42.3 Å². The molecule has 0 bridgehead atoms. The third-order valence-corrected chi connectivity index (χ3v) is 5.20. The van der Waals surface area contributed by atoms with Crippen molar-refractivity contribution in [2.75, 3.05) is 11.9 Å². The third-order valence-electron chi connectivity index (χ3n) is 4.87. The maximum atomic E-state index is 13.1. The van der Waals surface area contributed by atoms with Crippen LogP contribution in [0.1, 0.15) is 23.1 Å². The smallest absolute Gasteiger partial charge is 0.417 e. The SMILES string of the molecule is N#Cc1cc(COc2cc3n(c(=O)n2)CCCN3)ccc1Oc1ccc(Cl)c(C(F)(F)F)c1. The van der Waals surface area contributed by atoms with Crippen LogP contribution in [-0.4, -0.2) is 16.1 Å². The summed E-state index contributed by atoms with van der Waals surface area (Å²) in [7, 11) is 0. The zero-order valence-corrected chi connectivity index (χ0v) is 17.7. The van der Waals surface area contributed by atoms with Crippen molar-refractivity contribution in [2.45, 2.75) is 25.7 Å². The normalized spacial score (nSPS) is 12.9. The number of nitrogens with zero attached hydrogens (tertiary/aromatic N) is 3. The first-order chi connectivity index (χ1) is 15.7. The summed E-state index contributed by atoms with van der Waals surface area (Å²) in [6.07, 6.45) is -3.81. The molecule has 1 aliphatic rings. The Hall–Kier alpha value is -3.71. The molecule has 2 aromatic carbocycles. The van der Waals surface area contributed by atoms with E-state index >= 15 is 0 Å². The molecule has 0 saturated heterocycles. The molecular weight excluding hydrogens is 461 g/mol. The van der Waals surface area contributed by atoms with Gasteiger partial charge in [0.1, 0.15) is 30.0 Å². The van der Waals surface area contributed by atoms with E-state index in [-0.39, 0.29) is 29.5 Å². The van der Waals surface area contributed by atoms with E-state index in [0.717, 1.165) is 25.1 Å². The van der Waals surface area contributed by atoms with Gasteiger partial charge in [0.25, 0.3) is 0 Å². The number of nitriles is 1. The van der Waals surface area contributed by atoms with Crippen molar-refractivity contribution in [3.05, 3.63) is 74.7 Å². The molecule has 7 nitrogen and oxygen atoms in total. The van der Waals surface area contributed by atoms with Gasteiger partial charge in [-0.25, -0.2) is 4.79 Å². The van der Waals surface area contributed by atoms with Crippen molar-refractivity contribution < 1.29 is 22.6 Å². The molecule has 0 radical (unpaired) electrons. The van der Waals surface area contributed by atoms with Gasteiger partial charge in [0, 0.05) is 19.2 Å². The van der Waals surface area contributed by atoms with Crippen molar-refractivity contribution in [2.24, 2.45) is 0 Å². The van der Waals surface area contributed by atoms with Gasteiger partial charge in [-0.3, -0.25) is 4.57 Å². The van der Waals surface area contributed by atoms with E-state index in [1.165, 1.54) is 22.8 Å². The van der Waals surface area contributed by atoms with E-state index in [0.29, 0.717) is 17.9 Å². The summed E-state index contributed by atoms with van der Waals surface area (Å²) in [6.45, 7) is 1.34. The molecule has 170 valence electrons. The largest absolute Gasteiger partial charge is 0.473 e. The lowest BCUT2D eigenvalue weighted by Gasteiger charge is -2.19. The van der Waals surface area contributed by atoms with Gasteiger partial charge in [0.2, 0.25) is 5.88 Å². The Morgan fingerprint density at radius 2 is 2.03 bits per heavy atom. The highest BCUT2D eigenvalue weighted by molar-refractivity contribution is 6.31. The summed E-state index contributed by atoms with van der Waals surface area (Å²) in [6, 6.07) is 11.3. The molecule has 1 aromatic heterocycles. The molecule has 0 atom stereocenters. The predicted octanol–water partition coefficient (Wildman–Crippen LogP) is 4.97. The maximum Gasteiger partial charge on any atom is 0.417 e. The molecule has 33 heavy (non-hydrogen) atoms. The molecule has 0 fully saturated rings. The number of hydrogen-bond acceptors (Lipinski definition) is 6. The summed E-state index contributed by atoms with van der Waals surface area (Å²) in [5, 5.41) is 12.1. The first-order valence-electron chi connectivity index (χ1n) is 9.81. The number of fused-ring (bicyclic) bond motifs is 1. The van der Waals surface area contributed by atoms with Gasteiger partial charge in [-0.1, -0.05) is 17.7 Å². The Labute approximate surface area is 191 Å². The molecule has 0 spiro atoms. The van der Waals surface area contributed by atoms with Crippen molar-refractivity contribution in [1.29, 1.82) is 5.26 Å². The Morgan fingerprint density at radius 1 is 1.21 bits per heavy atom. The zero-order chi connectivity index (χ0) is 23.6. The predicted molar refractivity (Wildman–Crippen MR) is 114 cm³/mol. The fourth-order valence-corrected chi connectivity index (χ4v) is 3.51. The Morgan fingerprint density at radius 3 is 2.79 bits per heavy atom. The number of alkyl halides is 3. The maximum absolute atomic E-state index is 13.1. The summed E-state index contributed by atoms with van der Waals surface area (Å²) in [5.41, 5.74) is -0.774. The van der Waals surface area contributed by atoms with Crippen LogP contribution in [0.4, 0.5) is 19.0 Å². The van der Waals surface area contributed by atoms with Gasteiger partial charge >= 0.3 is 11.9 Å². The van der Waals surface area contributed by atoms with Crippen molar-refractivity contribution >= 4 is 17.4 Å². The first-order valence-corrected chi connectivity index (χ1v) is 10.2. The standard InChI is InChI=1S/C22H16ClF3N4O3/c23-17-4-3-15(9-16(17)22(24,25)26)33-18-5-2-13(8-14(18)11-27)12-32-20-10-19-28-6-1-7-30(19)21(31)29-20/h2-5,8-10,28H,1,6-7,12H2. The molecule has 0 unspecified atom stereocenters. The minimum absolute atomic E-state index is 0.0179. The number of ether oxygens (including phenoxy) is 2. The molecule has 0 amide bonds. The molecule has 2 heterocycles. The first kappa shape index (κ1) is 22.5. The van der Waals surface area contributed by atoms with Crippen molar-refractivity contribution in [3.63, 3.8) is 0 Å². The van der Waals surface area contributed by atoms with Crippen LogP contribution in [0.2, 0.25) is 5.02 Å². The zero-order valence-electron chi connectivity index (χ0n) is 16.9. The highest BCUT2D eigenvalue weighted by atomic mass is 35.5. The molecule has 1 N–H and O–H groups in total. The summed E-state index contributed by atoms with van der Waals surface area (Å²) >= 11 is 5.63. The second-order valence-electron chi connectivity index (χ2n) is 7.17. The van der Waals surface area contributed by atoms with E-state index in [1.54, 1.807) is 12.1 Å². The van der Waals surface area contributed by atoms with E-state index in [2.05, 4.69) is 10.3 Å². The van der Waals surface area contributed by atoms with Crippen LogP contribution in [0.25, 0.3) is 0 Å². The molecule has 0 saturated carbocycles. The van der Waals surface area contributed by atoms with Crippen LogP contribution in [0.5, 0.6) is 17.4 Å². The molecule has 0 aliphatic carbocycles. The monoisotopic (exact) mass is 476 g/mol. The van der Waals surface area contributed by atoms with Crippen LogP contribution in [-0.2, 0) is 19.3 Å². The van der Waals surface area contributed by atoms with E-state index in [1.807, 2.05) is 6.07 Å². The third kappa shape index (κ3) is 5.04. The Bertz CT molecular complexity index is 1300. The Balaban J connectivity index is 1.51. The van der Waals surface area contributed by atoms with Gasteiger partial charge in [0.15, 0.2) is 0 Å². The van der Waals surface area contributed by atoms with Gasteiger partial charge in [-0.15, -0.1) is 0 Å². The topological polar surface area (TPSA) is 89.2 Å². The average molecular weight is 477 g/mol. The quantitative estimate of drug-likeness (QED) is 0.559. The fraction of sp³-hybridized carbons (Fsp3) is 0.227. The van der Waals surface area contributed by atoms with Gasteiger partial charge < -0.3 is 14.8 Å². The minimum atomic E-state index is -4.64. The second-order valence-corrected chi connectivity index (χ2v) is 7.57. The van der Waals surface area contributed by atoms with E-state index in [4.69, 9.17) is 21.1 Å². The van der Waals surface area contributed by atoms with Crippen LogP contribution < -0.4 is 20.5 Å². The minimum Gasteiger partial charge on any atom is -0.473 e. The van der Waals surface area contributed by atoms with Crippen molar-refractivity contribution in [1.82, 2.24) is 9.55 Å². The lowest BCUT2D eigenvalue weighted by atomic mass is 10.1. The van der Waals surface area contributed by atoms with Crippen LogP contribution in [0, 0.1) is 11.3 Å². The number of rotatable bonds is 5. The molecule has 4 rings (SSSR count). The number of benzene rings is 2. The molecule has 3 aromatic rings. The summed E-state index contributed by atoms with van der Waals surface area (Å²) < 4.78 is 51.9. The Kier molecular flexibility index (Phi) is 6.16. The van der Waals surface area contributed by atoms with Gasteiger partial charge in [-0.2, -0.15) is 23.4 Å². The summed E-state index contributed by atoms with van der Waals surface area (Å²) in [5.74, 6) is 0.726. The lowest BCUT2D eigenvalue weighted by molar-refractivity contribution is -0.137. The fourth-order valence-electron chi connectivity index (χ4n) is 3.29.